The topological polar surface area (TPSA) is 66.4 Å². The molecule has 3 aromatic carbocycles. The van der Waals surface area contributed by atoms with Crippen molar-refractivity contribution in [1.29, 1.82) is 0 Å². The minimum atomic E-state index is -0.513. The smallest absolute Gasteiger partial charge is 0.324 e. The minimum absolute atomic E-state index is 0.136. The van der Waals surface area contributed by atoms with E-state index in [1.165, 1.54) is 5.56 Å². The van der Waals surface area contributed by atoms with Gasteiger partial charge >= 0.3 is 6.01 Å². The van der Waals surface area contributed by atoms with Crippen LogP contribution in [0.1, 0.15) is 24.0 Å². The predicted molar refractivity (Wildman–Crippen MR) is 164 cm³/mol. The summed E-state index contributed by atoms with van der Waals surface area (Å²) in [6, 6.07) is 18.4. The number of aromatic nitrogens is 3. The van der Waals surface area contributed by atoms with Gasteiger partial charge in [0.05, 0.1) is 5.39 Å². The maximum atomic E-state index is 16.7. The number of nitrogens with zero attached hydrogens (tertiary/aromatic N) is 5. The zero-order valence-corrected chi connectivity index (χ0v) is 24.0. The minimum Gasteiger partial charge on any atom is -0.424 e. The largest absolute Gasteiger partial charge is 0.424 e. The van der Waals surface area contributed by atoms with Gasteiger partial charge in [0.15, 0.2) is 5.82 Å². The molecule has 1 N–H and O–H groups in total. The van der Waals surface area contributed by atoms with Gasteiger partial charge in [-0.2, -0.15) is 9.97 Å². The number of piperazine rings is 1. The highest BCUT2D eigenvalue weighted by Crippen LogP contribution is 2.39. The number of ether oxygens (including phenoxy) is 1. The lowest BCUT2D eigenvalue weighted by Gasteiger charge is -2.34. The first kappa shape index (κ1) is 25.8. The third-order valence-electron chi connectivity index (χ3n) is 8.89. The molecule has 2 aromatic heterocycles. The van der Waals surface area contributed by atoms with Crippen LogP contribution in [0.4, 0.5) is 10.2 Å². The Balaban J connectivity index is 1.30. The summed E-state index contributed by atoms with van der Waals surface area (Å²) in [6.07, 6.45) is 4.89. The number of nitrogens with one attached hydrogen (secondary N) is 1. The second-order valence-corrected chi connectivity index (χ2v) is 12.1. The zero-order valence-electron chi connectivity index (χ0n) is 23.3. The highest BCUT2D eigenvalue weighted by molar-refractivity contribution is 6.36. The monoisotopic (exact) mass is 580 g/mol. The number of benzene rings is 3. The lowest BCUT2D eigenvalue weighted by atomic mass is 9.99. The van der Waals surface area contributed by atoms with E-state index in [4.69, 9.17) is 26.3 Å². The van der Waals surface area contributed by atoms with Gasteiger partial charge in [-0.25, -0.2) is 4.39 Å². The lowest BCUT2D eigenvalue weighted by molar-refractivity contribution is 0.304. The van der Waals surface area contributed by atoms with E-state index in [0.29, 0.717) is 39.6 Å². The molecule has 0 amide bonds. The Morgan fingerprint density at radius 3 is 2.62 bits per heavy atom. The molecule has 2 fully saturated rings. The normalized spacial score (nSPS) is 20.3. The Bertz CT molecular complexity index is 1850. The average molecular weight is 581 g/mol. The SMILES string of the molecule is CN1CCc2cccc(Oc3nc(N4C[C@H]5CC[C@@H](C4)N5)c4cnc(-c5cccc6cccc(Cl)c56)c(F)c4n3)c2C1. The van der Waals surface area contributed by atoms with Crippen LogP contribution in [0.25, 0.3) is 32.9 Å². The van der Waals surface area contributed by atoms with Gasteiger partial charge in [-0.15, -0.1) is 0 Å². The average Bonchev–Trinajstić information content (AvgIpc) is 3.34. The fourth-order valence-corrected chi connectivity index (χ4v) is 7.12. The van der Waals surface area contributed by atoms with Crippen LogP contribution in [0.2, 0.25) is 5.02 Å². The maximum absolute atomic E-state index is 16.7. The number of halogens is 2. The maximum Gasteiger partial charge on any atom is 0.324 e. The number of hydrogen-bond acceptors (Lipinski definition) is 7. The van der Waals surface area contributed by atoms with E-state index in [-0.39, 0.29) is 17.2 Å². The van der Waals surface area contributed by atoms with Crippen LogP contribution >= 0.6 is 11.6 Å². The number of rotatable bonds is 4. The van der Waals surface area contributed by atoms with Crippen molar-refractivity contribution in [2.24, 2.45) is 0 Å². The first-order valence-corrected chi connectivity index (χ1v) is 14.9. The van der Waals surface area contributed by atoms with E-state index in [0.717, 1.165) is 61.8 Å². The summed E-state index contributed by atoms with van der Waals surface area (Å²) in [6.45, 7) is 3.35. The van der Waals surface area contributed by atoms with E-state index in [1.54, 1.807) is 6.20 Å². The van der Waals surface area contributed by atoms with Crippen molar-refractivity contribution in [1.82, 2.24) is 25.2 Å². The standard InChI is InChI=1S/C33H30ClFN6O/c1-40-14-13-19-5-4-10-27(25(19)18-40)42-33-38-31-24(32(39-33)41-16-21-11-12-22(17-41)37-21)15-36-30(29(31)35)23-8-2-6-20-7-3-9-26(34)28(20)23/h2-10,15,21-22,37H,11-14,16-18H2,1H3/t21-,22+. The van der Waals surface area contributed by atoms with Gasteiger partial charge < -0.3 is 19.9 Å². The van der Waals surface area contributed by atoms with Crippen LogP contribution in [-0.4, -0.2) is 58.6 Å². The first-order valence-electron chi connectivity index (χ1n) is 14.5. The molecule has 5 aromatic rings. The summed E-state index contributed by atoms with van der Waals surface area (Å²) in [5.41, 5.74) is 3.40. The number of pyridine rings is 1. The molecule has 212 valence electrons. The Kier molecular flexibility index (Phi) is 6.24. The second-order valence-electron chi connectivity index (χ2n) is 11.7. The molecule has 42 heavy (non-hydrogen) atoms. The van der Waals surface area contributed by atoms with Gasteiger partial charge in [0.1, 0.15) is 22.8 Å². The van der Waals surface area contributed by atoms with Crippen LogP contribution in [0, 0.1) is 5.82 Å². The van der Waals surface area contributed by atoms with E-state index in [1.807, 2.05) is 48.5 Å². The molecule has 0 unspecified atom stereocenters. The molecule has 3 aliphatic rings. The second kappa shape index (κ2) is 10.2. The van der Waals surface area contributed by atoms with Crippen LogP contribution in [0.15, 0.2) is 60.8 Å². The van der Waals surface area contributed by atoms with Crippen LogP contribution in [-0.2, 0) is 13.0 Å². The number of likely N-dealkylation sites (N-methyl/N-ethyl adjacent to an activating group) is 1. The zero-order chi connectivity index (χ0) is 28.4. The molecule has 3 aliphatic heterocycles. The molecule has 0 spiro atoms. The quantitative estimate of drug-likeness (QED) is 0.265. The van der Waals surface area contributed by atoms with Crippen molar-refractivity contribution in [2.75, 3.05) is 31.6 Å². The molecular weight excluding hydrogens is 551 g/mol. The van der Waals surface area contributed by atoms with Crippen LogP contribution in [0.5, 0.6) is 11.8 Å². The molecular formula is C33H30ClFN6O. The van der Waals surface area contributed by atoms with Crippen LogP contribution < -0.4 is 15.0 Å². The van der Waals surface area contributed by atoms with E-state index in [2.05, 4.69) is 33.2 Å². The Hall–Kier alpha value is -3.85. The lowest BCUT2D eigenvalue weighted by Crippen LogP contribution is -2.51. The summed E-state index contributed by atoms with van der Waals surface area (Å²) in [4.78, 5) is 18.8. The summed E-state index contributed by atoms with van der Waals surface area (Å²) in [7, 11) is 2.10. The highest BCUT2D eigenvalue weighted by Gasteiger charge is 2.34. The third kappa shape index (κ3) is 4.37. The number of fused-ring (bicyclic) bond motifs is 5. The van der Waals surface area contributed by atoms with Crippen molar-refractivity contribution in [3.8, 4) is 23.0 Å². The van der Waals surface area contributed by atoms with Crippen molar-refractivity contribution in [2.45, 2.75) is 37.9 Å². The van der Waals surface area contributed by atoms with Crippen molar-refractivity contribution in [3.05, 3.63) is 82.8 Å². The molecule has 5 heterocycles. The predicted octanol–water partition coefficient (Wildman–Crippen LogP) is 6.36. The fraction of sp³-hybridized carbons (Fsp3) is 0.303. The fourth-order valence-electron chi connectivity index (χ4n) is 6.84. The summed E-state index contributed by atoms with van der Waals surface area (Å²) < 4.78 is 23.1. The highest BCUT2D eigenvalue weighted by atomic mass is 35.5. The molecule has 2 atom stereocenters. The van der Waals surface area contributed by atoms with Crippen LogP contribution in [0.3, 0.4) is 0 Å². The molecule has 0 radical (unpaired) electrons. The van der Waals surface area contributed by atoms with Gasteiger partial charge in [0.25, 0.3) is 0 Å². The summed E-state index contributed by atoms with van der Waals surface area (Å²) in [5, 5.41) is 6.48. The molecule has 8 rings (SSSR count). The molecule has 7 nitrogen and oxygen atoms in total. The molecule has 2 saturated heterocycles. The van der Waals surface area contributed by atoms with Gasteiger partial charge in [-0.3, -0.25) is 4.98 Å². The van der Waals surface area contributed by atoms with Gasteiger partial charge in [-0.1, -0.05) is 54.1 Å². The first-order chi connectivity index (χ1) is 20.5. The van der Waals surface area contributed by atoms with E-state index >= 15 is 4.39 Å². The van der Waals surface area contributed by atoms with Gasteiger partial charge in [0, 0.05) is 66.0 Å². The van der Waals surface area contributed by atoms with Crippen molar-refractivity contribution < 1.29 is 9.13 Å². The Morgan fingerprint density at radius 2 is 1.79 bits per heavy atom. The summed E-state index contributed by atoms with van der Waals surface area (Å²) in [5.74, 6) is 0.853. The van der Waals surface area contributed by atoms with Gasteiger partial charge in [0.2, 0.25) is 0 Å². The molecule has 2 bridgehead atoms. The van der Waals surface area contributed by atoms with Crippen molar-refractivity contribution in [3.63, 3.8) is 0 Å². The molecule has 0 saturated carbocycles. The van der Waals surface area contributed by atoms with E-state index in [9.17, 15) is 0 Å². The molecule has 9 heteroatoms. The Morgan fingerprint density at radius 1 is 1.00 bits per heavy atom. The molecule has 0 aliphatic carbocycles. The van der Waals surface area contributed by atoms with Gasteiger partial charge in [-0.05, 0) is 49.4 Å². The number of hydrogen-bond donors (Lipinski definition) is 1. The Labute approximate surface area is 248 Å². The number of anilines is 1. The third-order valence-corrected chi connectivity index (χ3v) is 9.21. The van der Waals surface area contributed by atoms with E-state index < -0.39 is 5.82 Å². The summed E-state index contributed by atoms with van der Waals surface area (Å²) >= 11 is 6.61. The van der Waals surface area contributed by atoms with Crippen molar-refractivity contribution >= 4 is 39.1 Å².